The van der Waals surface area contributed by atoms with Crippen LogP contribution in [0.15, 0.2) is 41.4 Å². The van der Waals surface area contributed by atoms with Gasteiger partial charge in [-0.25, -0.2) is 4.99 Å². The molecule has 8 heteroatoms. The zero-order valence-corrected chi connectivity index (χ0v) is 19.6. The predicted molar refractivity (Wildman–Crippen MR) is 128 cm³/mol. The van der Waals surface area contributed by atoms with Crippen LogP contribution >= 0.6 is 23.4 Å². The number of thioether (sulfide) groups is 1. The Morgan fingerprint density at radius 2 is 1.91 bits per heavy atom. The Morgan fingerprint density at radius 3 is 2.66 bits per heavy atom. The minimum Gasteiger partial charge on any atom is -0.287 e. The predicted octanol–water partition coefficient (Wildman–Crippen LogP) is 5.31. The molecule has 2 heterocycles. The van der Waals surface area contributed by atoms with Crippen LogP contribution in [-0.2, 0) is 0 Å². The number of rotatable bonds is 5. The molecule has 2 aromatic carbocycles. The summed E-state index contributed by atoms with van der Waals surface area (Å²) in [5.74, 6) is 0.0178. The van der Waals surface area contributed by atoms with E-state index in [0.29, 0.717) is 45.7 Å². The summed E-state index contributed by atoms with van der Waals surface area (Å²) in [5.41, 5.74) is 2.68. The van der Waals surface area contributed by atoms with Crippen molar-refractivity contribution in [2.45, 2.75) is 33.1 Å². The van der Waals surface area contributed by atoms with E-state index in [1.54, 1.807) is 29.2 Å². The van der Waals surface area contributed by atoms with Crippen LogP contribution in [0.1, 0.15) is 62.8 Å². The third-order valence-electron chi connectivity index (χ3n) is 5.57. The lowest BCUT2D eigenvalue weighted by molar-refractivity contribution is 0.0652. The zero-order chi connectivity index (χ0) is 22.8. The topological polar surface area (TPSA) is 70.1 Å². The molecule has 0 bridgehead atoms. The third-order valence-corrected chi connectivity index (χ3v) is 7.04. The van der Waals surface area contributed by atoms with Gasteiger partial charge in [-0.05, 0) is 55.7 Å². The molecule has 0 aliphatic carbocycles. The van der Waals surface area contributed by atoms with Gasteiger partial charge in [0.1, 0.15) is 0 Å². The molecule has 6 nitrogen and oxygen atoms in total. The fourth-order valence-corrected chi connectivity index (χ4v) is 4.83. The zero-order valence-electron chi connectivity index (χ0n) is 18.1. The second-order valence-corrected chi connectivity index (χ2v) is 9.33. The SMILES string of the molecule is CCCCN1C(=O)c2ccc(C(=O)N3CCCSC3=Nc3ccc(C)c(Cl)c3)cc2C1=O. The molecule has 0 radical (unpaired) electrons. The fourth-order valence-electron chi connectivity index (χ4n) is 3.70. The number of hydrogen-bond acceptors (Lipinski definition) is 5. The molecule has 1 fully saturated rings. The van der Waals surface area contributed by atoms with Gasteiger partial charge in [0.25, 0.3) is 17.7 Å². The molecule has 2 aromatic rings. The summed E-state index contributed by atoms with van der Waals surface area (Å²) in [5, 5.41) is 1.23. The van der Waals surface area contributed by atoms with Crippen molar-refractivity contribution in [1.29, 1.82) is 0 Å². The molecule has 0 aromatic heterocycles. The number of nitrogens with zero attached hydrogens (tertiary/aromatic N) is 3. The number of halogens is 1. The molecule has 1 saturated heterocycles. The van der Waals surface area contributed by atoms with Crippen molar-refractivity contribution >= 4 is 51.9 Å². The van der Waals surface area contributed by atoms with Crippen LogP contribution in [0, 0.1) is 6.92 Å². The first-order valence-corrected chi connectivity index (χ1v) is 12.1. The molecule has 2 aliphatic rings. The molecule has 4 rings (SSSR count). The first kappa shape index (κ1) is 22.6. The van der Waals surface area contributed by atoms with Gasteiger partial charge in [-0.1, -0.05) is 42.8 Å². The maximum absolute atomic E-state index is 13.4. The van der Waals surface area contributed by atoms with E-state index in [2.05, 4.69) is 4.99 Å². The van der Waals surface area contributed by atoms with Gasteiger partial charge in [-0.15, -0.1) is 0 Å². The lowest BCUT2D eigenvalue weighted by Crippen LogP contribution is -2.39. The quantitative estimate of drug-likeness (QED) is 0.556. The standard InChI is InChI=1S/C24H24ClN3O3S/c1-3-4-10-27-22(30)18-9-7-16(13-19(18)23(27)31)21(29)28-11-5-12-32-24(28)26-17-8-6-15(2)20(25)14-17/h6-9,13-14H,3-5,10-12H2,1-2H3. The number of imide groups is 1. The minimum absolute atomic E-state index is 0.232. The van der Waals surface area contributed by atoms with Crippen LogP contribution in [-0.4, -0.2) is 51.5 Å². The lowest BCUT2D eigenvalue weighted by Gasteiger charge is -2.28. The van der Waals surface area contributed by atoms with Crippen molar-refractivity contribution in [3.05, 3.63) is 63.7 Å². The van der Waals surface area contributed by atoms with Gasteiger partial charge < -0.3 is 0 Å². The first-order valence-electron chi connectivity index (χ1n) is 10.7. The van der Waals surface area contributed by atoms with Gasteiger partial charge in [0.2, 0.25) is 0 Å². The van der Waals surface area contributed by atoms with Gasteiger partial charge >= 0.3 is 0 Å². The second-order valence-electron chi connectivity index (χ2n) is 7.86. The van der Waals surface area contributed by atoms with E-state index in [1.807, 2.05) is 26.0 Å². The average molecular weight is 470 g/mol. The van der Waals surface area contributed by atoms with Crippen molar-refractivity contribution in [1.82, 2.24) is 9.80 Å². The molecule has 0 unspecified atom stereocenters. The minimum atomic E-state index is -0.329. The molecule has 0 atom stereocenters. The summed E-state index contributed by atoms with van der Waals surface area (Å²) in [4.78, 5) is 46.3. The highest BCUT2D eigenvalue weighted by Gasteiger charge is 2.36. The Labute approximate surface area is 196 Å². The Morgan fingerprint density at radius 1 is 1.12 bits per heavy atom. The van der Waals surface area contributed by atoms with E-state index in [4.69, 9.17) is 11.6 Å². The number of hydrogen-bond donors (Lipinski definition) is 0. The van der Waals surface area contributed by atoms with Crippen molar-refractivity contribution < 1.29 is 14.4 Å². The van der Waals surface area contributed by atoms with E-state index in [0.717, 1.165) is 30.6 Å². The Bertz CT molecular complexity index is 1130. The fraction of sp³-hybridized carbons (Fsp3) is 0.333. The third kappa shape index (κ3) is 4.32. The molecule has 2 aliphatic heterocycles. The largest absolute Gasteiger partial charge is 0.287 e. The van der Waals surface area contributed by atoms with Gasteiger partial charge in [0.15, 0.2) is 5.17 Å². The van der Waals surface area contributed by atoms with E-state index >= 15 is 0 Å². The number of benzene rings is 2. The number of fused-ring (bicyclic) bond motifs is 1. The van der Waals surface area contributed by atoms with Crippen LogP contribution < -0.4 is 0 Å². The summed E-state index contributed by atoms with van der Waals surface area (Å²) in [6, 6.07) is 10.3. The van der Waals surface area contributed by atoms with Crippen molar-refractivity contribution in [2.75, 3.05) is 18.8 Å². The number of aliphatic imine (C=N–C) groups is 1. The van der Waals surface area contributed by atoms with Gasteiger partial charge in [0, 0.05) is 29.4 Å². The maximum atomic E-state index is 13.4. The molecule has 0 N–H and O–H groups in total. The van der Waals surface area contributed by atoms with Crippen molar-refractivity contribution in [3.8, 4) is 0 Å². The summed E-state index contributed by atoms with van der Waals surface area (Å²) in [7, 11) is 0. The molecular weight excluding hydrogens is 446 g/mol. The summed E-state index contributed by atoms with van der Waals surface area (Å²) in [6.45, 7) is 4.87. The van der Waals surface area contributed by atoms with Gasteiger partial charge in [-0.3, -0.25) is 24.2 Å². The van der Waals surface area contributed by atoms with E-state index in [9.17, 15) is 14.4 Å². The molecule has 3 amide bonds. The number of amides is 3. The van der Waals surface area contributed by atoms with Crippen LogP contribution in [0.5, 0.6) is 0 Å². The van der Waals surface area contributed by atoms with Crippen LogP contribution in [0.2, 0.25) is 5.02 Å². The summed E-state index contributed by atoms with van der Waals surface area (Å²) >= 11 is 7.75. The van der Waals surface area contributed by atoms with Crippen molar-refractivity contribution in [3.63, 3.8) is 0 Å². The highest BCUT2D eigenvalue weighted by Crippen LogP contribution is 2.29. The summed E-state index contributed by atoms with van der Waals surface area (Å²) < 4.78 is 0. The number of carbonyl (C=O) groups excluding carboxylic acids is 3. The number of carbonyl (C=O) groups is 3. The number of unbranched alkanes of at least 4 members (excludes halogenated alkanes) is 1. The maximum Gasteiger partial charge on any atom is 0.261 e. The second kappa shape index (κ2) is 9.46. The number of aryl methyl sites for hydroxylation is 1. The van der Waals surface area contributed by atoms with E-state index in [1.165, 1.54) is 16.7 Å². The van der Waals surface area contributed by atoms with Gasteiger partial charge in [-0.2, -0.15) is 0 Å². The molecule has 0 spiro atoms. The normalized spacial score (nSPS) is 17.3. The highest BCUT2D eigenvalue weighted by molar-refractivity contribution is 8.13. The Kier molecular flexibility index (Phi) is 6.67. The monoisotopic (exact) mass is 469 g/mol. The van der Waals surface area contributed by atoms with E-state index < -0.39 is 0 Å². The number of amidine groups is 1. The van der Waals surface area contributed by atoms with Crippen LogP contribution in [0.25, 0.3) is 0 Å². The lowest BCUT2D eigenvalue weighted by atomic mass is 10.0. The summed E-state index contributed by atoms with van der Waals surface area (Å²) in [6.07, 6.45) is 2.49. The van der Waals surface area contributed by atoms with Gasteiger partial charge in [0.05, 0.1) is 16.8 Å². The van der Waals surface area contributed by atoms with Crippen molar-refractivity contribution in [2.24, 2.45) is 4.99 Å². The highest BCUT2D eigenvalue weighted by atomic mass is 35.5. The first-order chi connectivity index (χ1) is 15.4. The molecule has 166 valence electrons. The van der Waals surface area contributed by atoms with Crippen LogP contribution in [0.4, 0.5) is 5.69 Å². The Hall–Kier alpha value is -2.64. The smallest absolute Gasteiger partial charge is 0.261 e. The average Bonchev–Trinajstić information content (AvgIpc) is 3.04. The molecular formula is C24H24ClN3O3S. The Balaban J connectivity index is 1.62. The van der Waals surface area contributed by atoms with Crippen LogP contribution in [0.3, 0.4) is 0 Å². The molecule has 0 saturated carbocycles. The molecule has 32 heavy (non-hydrogen) atoms. The van der Waals surface area contributed by atoms with E-state index in [-0.39, 0.29) is 17.7 Å².